The second-order valence-corrected chi connectivity index (χ2v) is 15.3. The maximum absolute atomic E-state index is 13.4. The maximum Gasteiger partial charge on any atom is 0.264 e. The summed E-state index contributed by atoms with van der Waals surface area (Å²) in [5, 5.41) is 14.4. The van der Waals surface area contributed by atoms with Gasteiger partial charge in [-0.15, -0.1) is 11.3 Å². The van der Waals surface area contributed by atoms with Gasteiger partial charge in [-0.05, 0) is 73.5 Å². The summed E-state index contributed by atoms with van der Waals surface area (Å²) in [6, 6.07) is 25.7. The van der Waals surface area contributed by atoms with Crippen molar-refractivity contribution in [1.82, 2.24) is 14.7 Å². The first-order valence-electron chi connectivity index (χ1n) is 18.7. The number of thiophene rings is 1. The van der Waals surface area contributed by atoms with Gasteiger partial charge >= 0.3 is 0 Å². The van der Waals surface area contributed by atoms with Gasteiger partial charge in [-0.25, -0.2) is 0 Å². The van der Waals surface area contributed by atoms with Gasteiger partial charge < -0.3 is 19.9 Å². The number of rotatable bonds is 12. The molecule has 0 bridgehead atoms. The van der Waals surface area contributed by atoms with Crippen LogP contribution in [0, 0.1) is 6.92 Å². The Labute approximate surface area is 323 Å². The molecule has 3 aliphatic rings. The highest BCUT2D eigenvalue weighted by Gasteiger charge is 2.45. The number of aryl methyl sites for hydroxylation is 1. The smallest absolute Gasteiger partial charge is 0.264 e. The van der Waals surface area contributed by atoms with Gasteiger partial charge in [0.25, 0.3) is 11.8 Å². The number of phenols is 1. The number of aromatic hydroxyl groups is 1. The molecule has 2 N–H and O–H groups in total. The monoisotopic (exact) mass is 758 g/mol. The summed E-state index contributed by atoms with van der Waals surface area (Å²) in [6.07, 6.45) is 0.150. The molecule has 2 fully saturated rings. The molecule has 12 heteroatoms. The largest absolute Gasteiger partial charge is 0.508 e. The fourth-order valence-electron chi connectivity index (χ4n) is 7.52. The number of anilines is 1. The zero-order chi connectivity index (χ0) is 38.1. The van der Waals surface area contributed by atoms with Crippen molar-refractivity contribution in [3.05, 3.63) is 102 Å². The van der Waals surface area contributed by atoms with E-state index < -0.39 is 17.9 Å². The van der Waals surface area contributed by atoms with Gasteiger partial charge in [0.2, 0.25) is 0 Å². The van der Waals surface area contributed by atoms with Gasteiger partial charge in [-0.2, -0.15) is 0 Å². The summed E-state index contributed by atoms with van der Waals surface area (Å²) in [5.41, 5.74) is 3.43. The number of nitrogens with one attached hydrogen (secondary N) is 1. The number of imide groups is 1. The number of hydrogen-bond donors (Lipinski definition) is 2. The molecule has 0 spiro atoms. The van der Waals surface area contributed by atoms with Crippen molar-refractivity contribution >= 4 is 50.5 Å². The third kappa shape index (κ3) is 7.71. The molecule has 1 saturated heterocycles. The fourth-order valence-corrected chi connectivity index (χ4v) is 8.69. The Morgan fingerprint density at radius 1 is 0.836 bits per heavy atom. The topological polar surface area (TPSA) is 129 Å². The number of phenolic OH excluding ortho intramolecular Hbond substituents is 1. The predicted molar refractivity (Wildman–Crippen MR) is 212 cm³/mol. The van der Waals surface area contributed by atoms with E-state index in [1.165, 1.54) is 5.56 Å². The van der Waals surface area contributed by atoms with Crippen molar-refractivity contribution in [3.63, 3.8) is 0 Å². The van der Waals surface area contributed by atoms with E-state index in [-0.39, 0.29) is 36.6 Å². The number of amides is 2. The van der Waals surface area contributed by atoms with Gasteiger partial charge in [0.15, 0.2) is 11.5 Å². The number of carbonyl (C=O) groups excluding carboxylic acids is 4. The minimum absolute atomic E-state index is 0.149. The number of piperazine rings is 1. The Balaban J connectivity index is 0.793. The van der Waals surface area contributed by atoms with Crippen molar-refractivity contribution in [2.75, 3.05) is 57.7 Å². The first-order valence-corrected chi connectivity index (χ1v) is 19.5. The van der Waals surface area contributed by atoms with Gasteiger partial charge in [0, 0.05) is 68.0 Å². The summed E-state index contributed by atoms with van der Waals surface area (Å²) in [7, 11) is 0. The van der Waals surface area contributed by atoms with Crippen LogP contribution in [0.3, 0.4) is 0 Å². The lowest BCUT2D eigenvalue weighted by atomic mass is 9.92. The third-order valence-corrected chi connectivity index (χ3v) is 11.8. The van der Waals surface area contributed by atoms with E-state index in [4.69, 9.17) is 9.47 Å². The Hall–Kier alpha value is -5.56. The summed E-state index contributed by atoms with van der Waals surface area (Å²) < 4.78 is 13.5. The summed E-state index contributed by atoms with van der Waals surface area (Å²) in [4.78, 5) is 57.7. The number of carbonyl (C=O) groups is 4. The molecule has 5 aromatic rings. The van der Waals surface area contributed by atoms with Gasteiger partial charge in [0.05, 0.1) is 28.5 Å². The summed E-state index contributed by atoms with van der Waals surface area (Å²) in [5.74, 6) is 1.00. The van der Waals surface area contributed by atoms with Crippen LogP contribution in [0.15, 0.2) is 84.9 Å². The van der Waals surface area contributed by atoms with E-state index in [0.29, 0.717) is 35.7 Å². The van der Waals surface area contributed by atoms with Crippen LogP contribution in [-0.2, 0) is 9.59 Å². The van der Waals surface area contributed by atoms with Gasteiger partial charge in [0.1, 0.15) is 29.6 Å². The van der Waals surface area contributed by atoms with Crippen molar-refractivity contribution in [3.8, 4) is 33.4 Å². The highest BCUT2D eigenvalue weighted by atomic mass is 32.1. The van der Waals surface area contributed by atoms with E-state index in [0.717, 1.165) is 76.2 Å². The normalized spacial score (nSPS) is 17.9. The van der Waals surface area contributed by atoms with Crippen LogP contribution in [0.2, 0.25) is 0 Å². The standard InChI is InChI=1S/C43H42N4O7S/c1-27-5-7-28(8-6-27)41-40(33-15-9-30(49)26-38(33)55-41)54-32-13-11-31(12-14-32)53-24-23-46-21-19-45(20-22-46)18-17-44-35-4-2-3-34-39(35)43(52)47(42(34)51)36-16-10-29(48)25-37(36)50/h2-9,11-15,26,36,44,49H,10,16-25H2,1H3. The number of nitrogens with zero attached hydrogens (tertiary/aromatic N) is 3. The Morgan fingerprint density at radius 3 is 2.31 bits per heavy atom. The lowest BCUT2D eigenvalue weighted by molar-refractivity contribution is -0.132. The van der Waals surface area contributed by atoms with Crippen molar-refractivity contribution in [2.24, 2.45) is 0 Å². The summed E-state index contributed by atoms with van der Waals surface area (Å²) >= 11 is 1.60. The average molecular weight is 759 g/mol. The fraction of sp³-hybridized carbons (Fsp3) is 0.302. The van der Waals surface area contributed by atoms with E-state index in [2.05, 4.69) is 46.3 Å². The second-order valence-electron chi connectivity index (χ2n) is 14.3. The zero-order valence-electron chi connectivity index (χ0n) is 30.6. The summed E-state index contributed by atoms with van der Waals surface area (Å²) in [6.45, 7) is 8.41. The van der Waals surface area contributed by atoms with Crippen molar-refractivity contribution in [2.45, 2.75) is 32.2 Å². The molecule has 1 aromatic heterocycles. The molecule has 1 unspecified atom stereocenters. The number of ketones is 2. The molecular formula is C43H42N4O7S. The van der Waals surface area contributed by atoms with Crippen LogP contribution in [0.1, 0.15) is 45.5 Å². The minimum atomic E-state index is -0.880. The minimum Gasteiger partial charge on any atom is -0.508 e. The molecule has 2 amide bonds. The molecule has 282 valence electrons. The van der Waals surface area contributed by atoms with E-state index in [9.17, 15) is 24.3 Å². The molecule has 4 aromatic carbocycles. The Bertz CT molecular complexity index is 2260. The van der Waals surface area contributed by atoms with Crippen molar-refractivity contribution in [1.29, 1.82) is 0 Å². The predicted octanol–water partition coefficient (Wildman–Crippen LogP) is 6.77. The molecule has 1 atom stereocenters. The highest BCUT2D eigenvalue weighted by molar-refractivity contribution is 7.22. The number of Topliss-reactive ketones (excluding diaryl/α,β-unsaturated/α-hetero) is 2. The lowest BCUT2D eigenvalue weighted by Crippen LogP contribution is -2.48. The molecule has 11 nitrogen and oxygen atoms in total. The zero-order valence-corrected chi connectivity index (χ0v) is 31.4. The second kappa shape index (κ2) is 15.7. The van der Waals surface area contributed by atoms with Crippen LogP contribution in [-0.4, -0.2) is 102 Å². The molecule has 8 rings (SSSR count). The molecule has 2 aliphatic heterocycles. The van der Waals surface area contributed by atoms with Crippen LogP contribution >= 0.6 is 11.3 Å². The van der Waals surface area contributed by atoms with Crippen LogP contribution in [0.5, 0.6) is 23.0 Å². The first-order chi connectivity index (χ1) is 26.7. The molecule has 1 saturated carbocycles. The van der Waals surface area contributed by atoms with E-state index in [1.807, 2.05) is 30.3 Å². The molecular weight excluding hydrogens is 717 g/mol. The molecule has 55 heavy (non-hydrogen) atoms. The van der Waals surface area contributed by atoms with Crippen LogP contribution < -0.4 is 14.8 Å². The van der Waals surface area contributed by atoms with E-state index >= 15 is 0 Å². The van der Waals surface area contributed by atoms with Gasteiger partial charge in [-0.3, -0.25) is 33.9 Å². The third-order valence-electron chi connectivity index (χ3n) is 10.6. The van der Waals surface area contributed by atoms with Crippen molar-refractivity contribution < 1.29 is 33.8 Å². The lowest BCUT2D eigenvalue weighted by Gasteiger charge is -2.34. The SMILES string of the molecule is Cc1ccc(-c2sc3cc(O)ccc3c2Oc2ccc(OCCN3CCN(CCNc4cccc5c4C(=O)N(C4CCC(=O)CC4=O)C5=O)CC3)cc2)cc1. The van der Waals surface area contributed by atoms with E-state index in [1.54, 1.807) is 41.7 Å². The first kappa shape index (κ1) is 36.4. The van der Waals surface area contributed by atoms with Gasteiger partial charge in [-0.1, -0.05) is 35.9 Å². The number of fused-ring (bicyclic) bond motifs is 2. The van der Waals surface area contributed by atoms with Crippen LogP contribution in [0.25, 0.3) is 20.5 Å². The highest BCUT2D eigenvalue weighted by Crippen LogP contribution is 2.47. The molecule has 3 heterocycles. The quantitative estimate of drug-likeness (QED) is 0.104. The molecule has 1 aliphatic carbocycles. The Morgan fingerprint density at radius 2 is 1.56 bits per heavy atom. The average Bonchev–Trinajstić information content (AvgIpc) is 3.66. The number of hydrogen-bond acceptors (Lipinski definition) is 11. The van der Waals surface area contributed by atoms with Crippen LogP contribution in [0.4, 0.5) is 5.69 Å². The Kier molecular flexibility index (Phi) is 10.4. The molecule has 0 radical (unpaired) electrons. The maximum atomic E-state index is 13.4. The number of benzene rings is 4. The number of ether oxygens (including phenoxy) is 2.